The normalized spacial score (nSPS) is 22.4. The average Bonchev–Trinajstić information content (AvgIpc) is 2.37. The summed E-state index contributed by atoms with van der Waals surface area (Å²) in [4.78, 5) is 11.8. The zero-order valence-electron chi connectivity index (χ0n) is 10.1. The number of hydrazone groups is 1. The zero-order chi connectivity index (χ0) is 12.1. The third-order valence-corrected chi connectivity index (χ3v) is 3.10. The van der Waals surface area contributed by atoms with E-state index in [1.54, 1.807) is 12.1 Å². The molecular formula is C14H18N2O. The molecule has 1 aromatic rings. The Hall–Kier alpha value is -1.64. The van der Waals surface area contributed by atoms with Gasteiger partial charge in [-0.15, -0.1) is 0 Å². The number of nitrogens with zero attached hydrogens (tertiary/aromatic N) is 1. The van der Waals surface area contributed by atoms with Crippen LogP contribution < -0.4 is 5.43 Å². The number of amides is 1. The molecule has 1 aromatic carbocycles. The van der Waals surface area contributed by atoms with Crippen LogP contribution in [0.3, 0.4) is 0 Å². The van der Waals surface area contributed by atoms with Gasteiger partial charge in [0, 0.05) is 11.3 Å². The highest BCUT2D eigenvalue weighted by atomic mass is 16.2. The summed E-state index contributed by atoms with van der Waals surface area (Å²) in [7, 11) is 0. The Morgan fingerprint density at radius 3 is 2.82 bits per heavy atom. The first-order valence-corrected chi connectivity index (χ1v) is 6.16. The van der Waals surface area contributed by atoms with E-state index in [0.29, 0.717) is 11.5 Å². The van der Waals surface area contributed by atoms with Crippen molar-refractivity contribution in [2.24, 2.45) is 11.0 Å². The van der Waals surface area contributed by atoms with Gasteiger partial charge in [-0.2, -0.15) is 5.10 Å². The van der Waals surface area contributed by atoms with Crippen LogP contribution in [0.4, 0.5) is 0 Å². The van der Waals surface area contributed by atoms with Crippen molar-refractivity contribution in [1.82, 2.24) is 5.43 Å². The molecule has 1 amide bonds. The van der Waals surface area contributed by atoms with Crippen LogP contribution in [0.2, 0.25) is 0 Å². The minimum Gasteiger partial charge on any atom is -0.267 e. The van der Waals surface area contributed by atoms with Gasteiger partial charge in [0.15, 0.2) is 0 Å². The molecule has 0 spiro atoms. The predicted molar refractivity (Wildman–Crippen MR) is 69.0 cm³/mol. The number of benzene rings is 1. The maximum absolute atomic E-state index is 11.8. The minimum atomic E-state index is -0.128. The first kappa shape index (κ1) is 11.8. The molecule has 17 heavy (non-hydrogen) atoms. The number of hydrogen-bond acceptors (Lipinski definition) is 2. The van der Waals surface area contributed by atoms with E-state index >= 15 is 0 Å². The SMILES string of the molecule is CC1CCCC(=NNC(=O)c2ccccc2)C1. The van der Waals surface area contributed by atoms with Gasteiger partial charge in [-0.05, 0) is 43.7 Å². The van der Waals surface area contributed by atoms with E-state index in [0.717, 1.165) is 18.6 Å². The smallest absolute Gasteiger partial charge is 0.267 e. The van der Waals surface area contributed by atoms with Crippen molar-refractivity contribution in [2.75, 3.05) is 0 Å². The molecule has 1 fully saturated rings. The highest BCUT2D eigenvalue weighted by Crippen LogP contribution is 2.20. The van der Waals surface area contributed by atoms with E-state index in [-0.39, 0.29) is 5.91 Å². The minimum absolute atomic E-state index is 0.128. The second-order valence-corrected chi connectivity index (χ2v) is 4.69. The van der Waals surface area contributed by atoms with Gasteiger partial charge in [-0.25, -0.2) is 5.43 Å². The summed E-state index contributed by atoms with van der Waals surface area (Å²) in [6.07, 6.45) is 4.47. The molecule has 1 aliphatic carbocycles. The molecule has 0 bridgehead atoms. The summed E-state index contributed by atoms with van der Waals surface area (Å²) in [5.41, 5.74) is 4.41. The second-order valence-electron chi connectivity index (χ2n) is 4.69. The van der Waals surface area contributed by atoms with Gasteiger partial charge in [0.2, 0.25) is 0 Å². The summed E-state index contributed by atoms with van der Waals surface area (Å²) < 4.78 is 0. The number of nitrogens with one attached hydrogen (secondary N) is 1. The van der Waals surface area contributed by atoms with Crippen molar-refractivity contribution in [3.05, 3.63) is 35.9 Å². The van der Waals surface area contributed by atoms with Gasteiger partial charge in [0.1, 0.15) is 0 Å². The van der Waals surface area contributed by atoms with E-state index in [1.165, 1.54) is 12.8 Å². The Morgan fingerprint density at radius 2 is 2.12 bits per heavy atom. The van der Waals surface area contributed by atoms with Crippen LogP contribution in [0.15, 0.2) is 35.4 Å². The summed E-state index contributed by atoms with van der Waals surface area (Å²) in [5, 5.41) is 4.23. The molecule has 0 radical (unpaired) electrons. The molecule has 90 valence electrons. The molecule has 0 aromatic heterocycles. The highest BCUT2D eigenvalue weighted by Gasteiger charge is 2.14. The Morgan fingerprint density at radius 1 is 1.35 bits per heavy atom. The van der Waals surface area contributed by atoms with Crippen LogP contribution in [0.1, 0.15) is 43.0 Å². The third-order valence-electron chi connectivity index (χ3n) is 3.10. The fraction of sp³-hybridized carbons (Fsp3) is 0.429. The molecular weight excluding hydrogens is 212 g/mol. The number of carbonyl (C=O) groups is 1. The van der Waals surface area contributed by atoms with Crippen molar-refractivity contribution in [2.45, 2.75) is 32.6 Å². The van der Waals surface area contributed by atoms with E-state index in [1.807, 2.05) is 18.2 Å². The number of hydrogen-bond donors (Lipinski definition) is 1. The first-order chi connectivity index (χ1) is 8.25. The lowest BCUT2D eigenvalue weighted by molar-refractivity contribution is 0.0954. The summed E-state index contributed by atoms with van der Waals surface area (Å²) in [6, 6.07) is 9.18. The molecule has 1 atom stereocenters. The van der Waals surface area contributed by atoms with Crippen LogP contribution >= 0.6 is 0 Å². The molecule has 0 saturated heterocycles. The predicted octanol–water partition coefficient (Wildman–Crippen LogP) is 2.98. The summed E-state index contributed by atoms with van der Waals surface area (Å²) in [5.74, 6) is 0.562. The van der Waals surface area contributed by atoms with Crippen LogP contribution in [0.25, 0.3) is 0 Å². The van der Waals surface area contributed by atoms with Gasteiger partial charge < -0.3 is 0 Å². The molecule has 0 heterocycles. The Balaban J connectivity index is 1.93. The maximum Gasteiger partial charge on any atom is 0.271 e. The van der Waals surface area contributed by atoms with Gasteiger partial charge >= 0.3 is 0 Å². The fourth-order valence-electron chi connectivity index (χ4n) is 2.15. The first-order valence-electron chi connectivity index (χ1n) is 6.16. The molecule has 2 rings (SSSR count). The second kappa shape index (κ2) is 5.62. The Kier molecular flexibility index (Phi) is 3.91. The quantitative estimate of drug-likeness (QED) is 0.780. The number of carbonyl (C=O) groups excluding carboxylic acids is 1. The van der Waals surface area contributed by atoms with Crippen LogP contribution in [-0.2, 0) is 0 Å². The van der Waals surface area contributed by atoms with Crippen molar-refractivity contribution in [1.29, 1.82) is 0 Å². The Bertz CT molecular complexity index is 411. The van der Waals surface area contributed by atoms with Crippen LogP contribution in [-0.4, -0.2) is 11.6 Å². The van der Waals surface area contributed by atoms with Crippen molar-refractivity contribution in [3.8, 4) is 0 Å². The fourth-order valence-corrected chi connectivity index (χ4v) is 2.15. The molecule has 1 aliphatic rings. The summed E-state index contributed by atoms with van der Waals surface area (Å²) >= 11 is 0. The van der Waals surface area contributed by atoms with Gasteiger partial charge in [-0.1, -0.05) is 25.1 Å². The highest BCUT2D eigenvalue weighted by molar-refractivity contribution is 5.95. The van der Waals surface area contributed by atoms with Crippen molar-refractivity contribution >= 4 is 11.6 Å². The van der Waals surface area contributed by atoms with Gasteiger partial charge in [-0.3, -0.25) is 4.79 Å². The standard InChI is InChI=1S/C14H18N2O/c1-11-6-5-9-13(10-11)15-16-14(17)12-7-3-2-4-8-12/h2-4,7-8,11H,5-6,9-10H2,1H3,(H,16,17). The lowest BCUT2D eigenvalue weighted by Crippen LogP contribution is -2.22. The molecule has 0 aliphatic heterocycles. The zero-order valence-corrected chi connectivity index (χ0v) is 10.1. The molecule has 3 heteroatoms. The van der Waals surface area contributed by atoms with E-state index in [2.05, 4.69) is 17.5 Å². The van der Waals surface area contributed by atoms with Crippen molar-refractivity contribution < 1.29 is 4.79 Å². The molecule has 1 N–H and O–H groups in total. The largest absolute Gasteiger partial charge is 0.271 e. The molecule has 3 nitrogen and oxygen atoms in total. The molecule has 1 saturated carbocycles. The molecule has 1 unspecified atom stereocenters. The lowest BCUT2D eigenvalue weighted by atomic mass is 9.89. The topological polar surface area (TPSA) is 41.5 Å². The van der Waals surface area contributed by atoms with Gasteiger partial charge in [0.05, 0.1) is 0 Å². The summed E-state index contributed by atoms with van der Waals surface area (Å²) in [6.45, 7) is 2.23. The monoisotopic (exact) mass is 230 g/mol. The van der Waals surface area contributed by atoms with E-state index in [9.17, 15) is 4.79 Å². The maximum atomic E-state index is 11.8. The average molecular weight is 230 g/mol. The lowest BCUT2D eigenvalue weighted by Gasteiger charge is -2.18. The number of rotatable bonds is 2. The van der Waals surface area contributed by atoms with E-state index < -0.39 is 0 Å². The third kappa shape index (κ3) is 3.41. The van der Waals surface area contributed by atoms with Crippen LogP contribution in [0, 0.1) is 5.92 Å². The van der Waals surface area contributed by atoms with E-state index in [4.69, 9.17) is 0 Å². The van der Waals surface area contributed by atoms with Gasteiger partial charge in [0.25, 0.3) is 5.91 Å². The van der Waals surface area contributed by atoms with Crippen LogP contribution in [0.5, 0.6) is 0 Å². The van der Waals surface area contributed by atoms with Crippen molar-refractivity contribution in [3.63, 3.8) is 0 Å². The Labute approximate surface area is 102 Å².